The number of carbonyl (C=O) groups is 1. The molecule has 0 saturated carbocycles. The predicted octanol–water partition coefficient (Wildman–Crippen LogP) is 2.77. The van der Waals surface area contributed by atoms with E-state index in [1.165, 1.54) is 11.3 Å². The van der Waals surface area contributed by atoms with Crippen molar-refractivity contribution >= 4 is 38.4 Å². The van der Waals surface area contributed by atoms with Crippen LogP contribution in [-0.4, -0.2) is 73.6 Å². The van der Waals surface area contributed by atoms with Gasteiger partial charge in [-0.3, -0.25) is 5.32 Å². The number of rotatable bonds is 4. The van der Waals surface area contributed by atoms with Gasteiger partial charge in [0, 0.05) is 26.2 Å². The molecular weight excluding hydrogens is 392 g/mol. The summed E-state index contributed by atoms with van der Waals surface area (Å²) in [4.78, 5) is 21.5. The highest BCUT2D eigenvalue weighted by Crippen LogP contribution is 2.39. The Hall–Kier alpha value is -2.10. The molecule has 4 rings (SSSR count). The topological polar surface area (TPSA) is 87.2 Å². The molecule has 1 aromatic carbocycles. The van der Waals surface area contributed by atoms with Crippen LogP contribution in [0.15, 0.2) is 12.1 Å². The van der Waals surface area contributed by atoms with E-state index in [0.29, 0.717) is 37.2 Å². The van der Waals surface area contributed by atoms with Crippen molar-refractivity contribution in [3.05, 3.63) is 12.1 Å². The molecule has 0 bridgehead atoms. The number of urea groups is 1. The molecule has 8 nitrogen and oxygen atoms in total. The Kier molecular flexibility index (Phi) is 6.07. The number of fused-ring (bicyclic) bond motifs is 1. The molecule has 158 valence electrons. The molecule has 0 spiro atoms. The Morgan fingerprint density at radius 3 is 2.69 bits per heavy atom. The number of hydrogen-bond acceptors (Lipinski definition) is 7. The molecular formula is C20H28N4O4S. The van der Waals surface area contributed by atoms with Gasteiger partial charge in [0.15, 0.2) is 5.13 Å². The summed E-state index contributed by atoms with van der Waals surface area (Å²) in [5.74, 6) is 0.966. The predicted molar refractivity (Wildman–Crippen MR) is 114 cm³/mol. The van der Waals surface area contributed by atoms with Crippen LogP contribution in [0.4, 0.5) is 15.6 Å². The number of methoxy groups -OCH3 is 1. The van der Waals surface area contributed by atoms with Crippen molar-refractivity contribution in [2.24, 2.45) is 5.92 Å². The van der Waals surface area contributed by atoms with Gasteiger partial charge in [-0.1, -0.05) is 11.3 Å². The smallest absolute Gasteiger partial charge is 0.323 e. The van der Waals surface area contributed by atoms with Gasteiger partial charge in [-0.15, -0.1) is 0 Å². The van der Waals surface area contributed by atoms with Crippen LogP contribution in [-0.2, 0) is 4.74 Å². The zero-order valence-electron chi connectivity index (χ0n) is 16.9. The number of piperidine rings is 1. The van der Waals surface area contributed by atoms with Crippen molar-refractivity contribution in [2.75, 3.05) is 56.7 Å². The molecule has 2 aliphatic heterocycles. The fraction of sp³-hybridized carbons (Fsp3) is 0.600. The Labute approximate surface area is 174 Å². The number of aromatic nitrogens is 1. The number of thiazole rings is 1. The average molecular weight is 421 g/mol. The largest absolute Gasteiger partial charge is 0.494 e. The van der Waals surface area contributed by atoms with Crippen LogP contribution in [0.1, 0.15) is 19.8 Å². The first-order valence-corrected chi connectivity index (χ1v) is 10.9. The van der Waals surface area contributed by atoms with Gasteiger partial charge < -0.3 is 24.4 Å². The molecule has 2 amide bonds. The van der Waals surface area contributed by atoms with Crippen molar-refractivity contribution in [2.45, 2.75) is 25.9 Å². The number of aliphatic hydroxyl groups is 1. The van der Waals surface area contributed by atoms with Crippen LogP contribution >= 0.6 is 11.3 Å². The molecule has 1 aromatic heterocycles. The highest BCUT2D eigenvalue weighted by Gasteiger charge is 2.26. The van der Waals surface area contributed by atoms with E-state index in [0.717, 1.165) is 41.8 Å². The Bertz CT molecular complexity index is 858. The maximum Gasteiger partial charge on any atom is 0.323 e. The third-order valence-corrected chi connectivity index (χ3v) is 6.77. The van der Waals surface area contributed by atoms with E-state index in [1.54, 1.807) is 12.0 Å². The minimum Gasteiger partial charge on any atom is -0.494 e. The van der Waals surface area contributed by atoms with Gasteiger partial charge in [0.2, 0.25) is 0 Å². The van der Waals surface area contributed by atoms with E-state index in [4.69, 9.17) is 9.47 Å². The number of morpholine rings is 1. The maximum absolute atomic E-state index is 12.7. The minimum absolute atomic E-state index is 0.139. The van der Waals surface area contributed by atoms with Crippen molar-refractivity contribution < 1.29 is 19.4 Å². The number of nitrogens with one attached hydrogen (secondary N) is 1. The summed E-state index contributed by atoms with van der Waals surface area (Å²) in [6.45, 7) is 6.19. The summed E-state index contributed by atoms with van der Waals surface area (Å²) in [6.07, 6.45) is 1.32. The number of ether oxygens (including phenoxy) is 2. The van der Waals surface area contributed by atoms with E-state index < -0.39 is 0 Å². The number of amides is 2. The quantitative estimate of drug-likeness (QED) is 0.791. The third-order valence-electron chi connectivity index (χ3n) is 5.78. The van der Waals surface area contributed by atoms with Gasteiger partial charge in [-0.25, -0.2) is 9.78 Å². The number of nitrogens with zero attached hydrogens (tertiary/aromatic N) is 3. The Morgan fingerprint density at radius 2 is 2.03 bits per heavy atom. The van der Waals surface area contributed by atoms with Crippen LogP contribution in [0.5, 0.6) is 5.75 Å². The summed E-state index contributed by atoms with van der Waals surface area (Å²) >= 11 is 1.47. The summed E-state index contributed by atoms with van der Waals surface area (Å²) < 4.78 is 12.0. The lowest BCUT2D eigenvalue weighted by molar-refractivity contribution is 0.0820. The number of aliphatic hydroxyl groups excluding tert-OH is 1. The van der Waals surface area contributed by atoms with Crippen LogP contribution in [0.25, 0.3) is 10.2 Å². The zero-order valence-corrected chi connectivity index (χ0v) is 17.7. The van der Waals surface area contributed by atoms with Crippen LogP contribution in [0.2, 0.25) is 0 Å². The highest BCUT2D eigenvalue weighted by atomic mass is 32.1. The summed E-state index contributed by atoms with van der Waals surface area (Å²) in [7, 11) is 1.63. The molecule has 3 heterocycles. The van der Waals surface area contributed by atoms with Gasteiger partial charge >= 0.3 is 6.03 Å². The molecule has 2 N–H and O–H groups in total. The maximum atomic E-state index is 12.7. The van der Waals surface area contributed by atoms with Crippen LogP contribution in [0.3, 0.4) is 0 Å². The van der Waals surface area contributed by atoms with Crippen LogP contribution in [0, 0.1) is 5.92 Å². The first-order valence-electron chi connectivity index (χ1n) is 10.1. The van der Waals surface area contributed by atoms with Crippen molar-refractivity contribution in [3.63, 3.8) is 0 Å². The molecule has 2 aliphatic rings. The van der Waals surface area contributed by atoms with Gasteiger partial charge in [0.1, 0.15) is 11.3 Å². The monoisotopic (exact) mass is 420 g/mol. The SMILES string of the molecule is COc1ccc(N2CCOCC2)c2sc(NC(=O)N3CCC(C(C)O)CC3)nc12. The molecule has 0 radical (unpaired) electrons. The molecule has 29 heavy (non-hydrogen) atoms. The molecule has 0 aliphatic carbocycles. The average Bonchev–Trinajstić information content (AvgIpc) is 3.17. The normalized spacial score (nSPS) is 19.4. The number of carbonyl (C=O) groups excluding carboxylic acids is 1. The van der Waals surface area contributed by atoms with Crippen molar-refractivity contribution in [1.82, 2.24) is 9.88 Å². The third kappa shape index (κ3) is 4.26. The molecule has 9 heteroatoms. The number of anilines is 2. The molecule has 2 aromatic rings. The Balaban J connectivity index is 1.53. The zero-order chi connectivity index (χ0) is 20.4. The van der Waals surface area contributed by atoms with Crippen molar-refractivity contribution in [1.29, 1.82) is 0 Å². The van der Waals surface area contributed by atoms with Gasteiger partial charge in [-0.05, 0) is 37.8 Å². The fourth-order valence-corrected chi connectivity index (χ4v) is 5.01. The first-order chi connectivity index (χ1) is 14.1. The number of hydrogen-bond donors (Lipinski definition) is 2. The second-order valence-corrected chi connectivity index (χ2v) is 8.58. The lowest BCUT2D eigenvalue weighted by atomic mass is 9.92. The van der Waals surface area contributed by atoms with Gasteiger partial charge in [-0.2, -0.15) is 0 Å². The van der Waals surface area contributed by atoms with Crippen molar-refractivity contribution in [3.8, 4) is 5.75 Å². The summed E-state index contributed by atoms with van der Waals surface area (Å²) in [5.41, 5.74) is 1.87. The Morgan fingerprint density at radius 1 is 1.31 bits per heavy atom. The fourth-order valence-electron chi connectivity index (χ4n) is 4.00. The number of benzene rings is 1. The molecule has 1 unspecified atom stereocenters. The lowest BCUT2D eigenvalue weighted by Crippen LogP contribution is -2.42. The first kappa shape index (κ1) is 20.2. The van der Waals surface area contributed by atoms with E-state index in [-0.39, 0.29) is 18.1 Å². The second kappa shape index (κ2) is 8.73. The summed E-state index contributed by atoms with van der Waals surface area (Å²) in [6, 6.07) is 3.84. The molecule has 1 atom stereocenters. The lowest BCUT2D eigenvalue weighted by Gasteiger charge is -2.32. The standard InChI is InChI=1S/C20H28N4O4S/c1-13(25)14-5-7-24(8-6-14)20(26)22-19-21-17-16(27-2)4-3-15(18(17)29-19)23-9-11-28-12-10-23/h3-4,13-14,25H,5-12H2,1-2H3,(H,21,22,26). The molecule has 2 fully saturated rings. The van der Waals surface area contributed by atoms with E-state index >= 15 is 0 Å². The molecule has 2 saturated heterocycles. The van der Waals surface area contributed by atoms with Gasteiger partial charge in [0.25, 0.3) is 0 Å². The minimum atomic E-state index is -0.324. The van der Waals surface area contributed by atoms with E-state index in [9.17, 15) is 9.90 Å². The highest BCUT2D eigenvalue weighted by molar-refractivity contribution is 7.23. The van der Waals surface area contributed by atoms with E-state index in [1.807, 2.05) is 13.0 Å². The second-order valence-electron chi connectivity index (χ2n) is 7.58. The number of likely N-dealkylation sites (tertiary alicyclic amines) is 1. The van der Waals surface area contributed by atoms with E-state index in [2.05, 4.69) is 21.3 Å². The van der Waals surface area contributed by atoms with Gasteiger partial charge in [0.05, 0.1) is 36.8 Å². The summed E-state index contributed by atoms with van der Waals surface area (Å²) in [5, 5.41) is 13.3. The van der Waals surface area contributed by atoms with Crippen LogP contribution < -0.4 is 15.0 Å².